The first-order valence-corrected chi connectivity index (χ1v) is 10.8. The molecule has 1 unspecified atom stereocenters. The van der Waals surface area contributed by atoms with E-state index in [4.69, 9.17) is 0 Å². The molecule has 3 atom stereocenters. The Kier molecular flexibility index (Phi) is 6.42. The molecule has 3 rings (SSSR count). The van der Waals surface area contributed by atoms with E-state index in [2.05, 4.69) is 5.32 Å². The number of hydrogen-bond acceptors (Lipinski definition) is 4. The minimum atomic E-state index is -0.823. The van der Waals surface area contributed by atoms with Crippen LogP contribution in [-0.4, -0.2) is 58.9 Å². The Morgan fingerprint density at radius 2 is 1.93 bits per heavy atom. The van der Waals surface area contributed by atoms with Crippen LogP contribution in [0.1, 0.15) is 29.6 Å². The van der Waals surface area contributed by atoms with E-state index in [0.717, 1.165) is 18.6 Å². The van der Waals surface area contributed by atoms with Crippen LogP contribution in [0.25, 0.3) is 0 Å². The van der Waals surface area contributed by atoms with Gasteiger partial charge in [-0.3, -0.25) is 14.4 Å². The SMILES string of the molecule is CSCCC(NC(=O)c1ccccc1)C(=O)N1C[C@H](C(=O)O)[C@@H](C2CC2)C1. The number of carbonyl (C=O) groups excluding carboxylic acids is 2. The third-order valence-corrected chi connectivity index (χ3v) is 6.12. The summed E-state index contributed by atoms with van der Waals surface area (Å²) in [6, 6.07) is 8.20. The second kappa shape index (κ2) is 8.78. The monoisotopic (exact) mass is 390 g/mol. The molecule has 7 heteroatoms. The molecule has 0 aromatic heterocycles. The number of nitrogens with one attached hydrogen (secondary N) is 1. The molecule has 2 fully saturated rings. The van der Waals surface area contributed by atoms with Crippen molar-refractivity contribution in [3.8, 4) is 0 Å². The topological polar surface area (TPSA) is 86.7 Å². The molecule has 1 aromatic carbocycles. The minimum absolute atomic E-state index is 0.0393. The van der Waals surface area contributed by atoms with Crippen LogP contribution in [0.2, 0.25) is 0 Å². The second-order valence-electron chi connectivity index (χ2n) is 7.36. The van der Waals surface area contributed by atoms with Crippen molar-refractivity contribution < 1.29 is 19.5 Å². The minimum Gasteiger partial charge on any atom is -0.481 e. The van der Waals surface area contributed by atoms with Gasteiger partial charge in [-0.2, -0.15) is 11.8 Å². The van der Waals surface area contributed by atoms with Gasteiger partial charge in [-0.15, -0.1) is 0 Å². The van der Waals surface area contributed by atoms with Crippen molar-refractivity contribution in [2.75, 3.05) is 25.1 Å². The Labute approximate surface area is 163 Å². The summed E-state index contributed by atoms with van der Waals surface area (Å²) < 4.78 is 0. The van der Waals surface area contributed by atoms with Crippen molar-refractivity contribution in [2.45, 2.75) is 25.3 Å². The number of thioether (sulfide) groups is 1. The van der Waals surface area contributed by atoms with Gasteiger partial charge in [0.05, 0.1) is 5.92 Å². The molecule has 2 amide bonds. The van der Waals surface area contributed by atoms with Crippen LogP contribution in [0.4, 0.5) is 0 Å². The number of carbonyl (C=O) groups is 3. The Bertz CT molecular complexity index is 692. The number of rotatable bonds is 8. The number of likely N-dealkylation sites (tertiary alicyclic amines) is 1. The van der Waals surface area contributed by atoms with E-state index < -0.39 is 17.9 Å². The van der Waals surface area contributed by atoms with E-state index in [9.17, 15) is 19.5 Å². The zero-order chi connectivity index (χ0) is 19.4. The van der Waals surface area contributed by atoms with Crippen molar-refractivity contribution in [2.24, 2.45) is 17.8 Å². The van der Waals surface area contributed by atoms with Gasteiger partial charge in [0.15, 0.2) is 0 Å². The molecule has 1 aromatic rings. The lowest BCUT2D eigenvalue weighted by atomic mass is 9.92. The molecule has 1 heterocycles. The molecule has 1 saturated heterocycles. The molecule has 0 bridgehead atoms. The average Bonchev–Trinajstić information content (AvgIpc) is 3.42. The van der Waals surface area contributed by atoms with Crippen LogP contribution in [0, 0.1) is 17.8 Å². The Hall–Kier alpha value is -2.02. The first-order valence-electron chi connectivity index (χ1n) is 9.37. The number of amides is 2. The maximum Gasteiger partial charge on any atom is 0.308 e. The van der Waals surface area contributed by atoms with Gasteiger partial charge in [-0.1, -0.05) is 18.2 Å². The Morgan fingerprint density at radius 3 is 2.52 bits per heavy atom. The van der Waals surface area contributed by atoms with Gasteiger partial charge >= 0.3 is 5.97 Å². The van der Waals surface area contributed by atoms with E-state index >= 15 is 0 Å². The van der Waals surface area contributed by atoms with Gasteiger partial charge in [0.25, 0.3) is 5.91 Å². The fourth-order valence-electron chi connectivity index (χ4n) is 3.82. The van der Waals surface area contributed by atoms with Gasteiger partial charge in [0.2, 0.25) is 5.91 Å². The number of hydrogen-bond donors (Lipinski definition) is 2. The second-order valence-corrected chi connectivity index (χ2v) is 8.35. The lowest BCUT2D eigenvalue weighted by Crippen LogP contribution is -2.48. The summed E-state index contributed by atoms with van der Waals surface area (Å²) in [4.78, 5) is 38.9. The van der Waals surface area contributed by atoms with E-state index in [1.807, 2.05) is 12.3 Å². The predicted octanol–water partition coefficient (Wildman–Crippen LogP) is 2.11. The van der Waals surface area contributed by atoms with Gasteiger partial charge < -0.3 is 15.3 Å². The van der Waals surface area contributed by atoms with Crippen LogP contribution in [0.3, 0.4) is 0 Å². The Balaban J connectivity index is 1.69. The number of nitrogens with zero attached hydrogens (tertiary/aromatic N) is 1. The van der Waals surface area contributed by atoms with Crippen LogP contribution < -0.4 is 5.32 Å². The quantitative estimate of drug-likeness (QED) is 0.710. The molecule has 6 nitrogen and oxygen atoms in total. The first-order chi connectivity index (χ1) is 13.0. The fraction of sp³-hybridized carbons (Fsp3) is 0.550. The summed E-state index contributed by atoms with van der Waals surface area (Å²) in [5.41, 5.74) is 0.514. The van der Waals surface area contributed by atoms with E-state index in [-0.39, 0.29) is 24.3 Å². The van der Waals surface area contributed by atoms with Crippen molar-refractivity contribution >= 4 is 29.5 Å². The summed E-state index contributed by atoms with van der Waals surface area (Å²) in [7, 11) is 0. The highest BCUT2D eigenvalue weighted by Crippen LogP contribution is 2.44. The van der Waals surface area contributed by atoms with Gasteiger partial charge in [-0.25, -0.2) is 0 Å². The zero-order valence-electron chi connectivity index (χ0n) is 15.5. The number of aliphatic carboxylic acids is 1. The molecular formula is C20H26N2O4S. The summed E-state index contributed by atoms with van der Waals surface area (Å²) in [5, 5.41) is 12.4. The summed E-state index contributed by atoms with van der Waals surface area (Å²) in [6.45, 7) is 0.726. The number of carboxylic acids is 1. The molecule has 2 aliphatic rings. The standard InChI is InChI=1S/C20H26N2O4S/c1-27-10-9-17(21-18(23)14-5-3-2-4-6-14)19(24)22-11-15(13-7-8-13)16(12-22)20(25)26/h2-6,13,15-17H,7-12H2,1H3,(H,21,23)(H,25,26)/t15-,16+,17?/m1/s1. The van der Waals surface area contributed by atoms with E-state index in [0.29, 0.717) is 24.4 Å². The molecule has 1 saturated carbocycles. The van der Waals surface area contributed by atoms with Crippen molar-refractivity contribution in [3.63, 3.8) is 0 Å². The lowest BCUT2D eigenvalue weighted by Gasteiger charge is -2.24. The van der Waals surface area contributed by atoms with Gasteiger partial charge in [0, 0.05) is 18.7 Å². The lowest BCUT2D eigenvalue weighted by molar-refractivity contribution is -0.142. The Morgan fingerprint density at radius 1 is 1.22 bits per heavy atom. The molecule has 146 valence electrons. The fourth-order valence-corrected chi connectivity index (χ4v) is 4.29. The first kappa shape index (κ1) is 19.7. The average molecular weight is 391 g/mol. The third kappa shape index (κ3) is 4.83. The summed E-state index contributed by atoms with van der Waals surface area (Å²) >= 11 is 1.62. The maximum absolute atomic E-state index is 13.1. The smallest absolute Gasteiger partial charge is 0.308 e. The highest BCUT2D eigenvalue weighted by molar-refractivity contribution is 7.98. The summed E-state index contributed by atoms with van der Waals surface area (Å²) in [6.07, 6.45) is 4.59. The molecular weight excluding hydrogens is 364 g/mol. The van der Waals surface area contributed by atoms with Crippen LogP contribution in [-0.2, 0) is 9.59 Å². The zero-order valence-corrected chi connectivity index (χ0v) is 16.3. The maximum atomic E-state index is 13.1. The summed E-state index contributed by atoms with van der Waals surface area (Å²) in [5.74, 6) is -0.549. The normalized spacial score (nSPS) is 23.1. The highest BCUT2D eigenvalue weighted by atomic mass is 32.2. The molecule has 27 heavy (non-hydrogen) atoms. The molecule has 0 radical (unpaired) electrons. The van der Waals surface area contributed by atoms with Crippen LogP contribution in [0.15, 0.2) is 30.3 Å². The van der Waals surface area contributed by atoms with Crippen molar-refractivity contribution in [1.29, 1.82) is 0 Å². The molecule has 2 N–H and O–H groups in total. The number of benzene rings is 1. The largest absolute Gasteiger partial charge is 0.481 e. The van der Waals surface area contributed by atoms with Crippen LogP contribution in [0.5, 0.6) is 0 Å². The van der Waals surface area contributed by atoms with Crippen molar-refractivity contribution in [1.82, 2.24) is 10.2 Å². The van der Waals surface area contributed by atoms with E-state index in [1.165, 1.54) is 0 Å². The molecule has 1 aliphatic carbocycles. The molecule has 0 spiro atoms. The highest BCUT2D eigenvalue weighted by Gasteiger charge is 2.47. The van der Waals surface area contributed by atoms with E-state index in [1.54, 1.807) is 40.9 Å². The van der Waals surface area contributed by atoms with Gasteiger partial charge in [-0.05, 0) is 55.2 Å². The van der Waals surface area contributed by atoms with Gasteiger partial charge in [0.1, 0.15) is 6.04 Å². The van der Waals surface area contributed by atoms with Crippen LogP contribution >= 0.6 is 11.8 Å². The number of carboxylic acid groups (broad SMARTS) is 1. The molecule has 1 aliphatic heterocycles. The third-order valence-electron chi connectivity index (χ3n) is 5.47. The predicted molar refractivity (Wildman–Crippen MR) is 105 cm³/mol. The van der Waals surface area contributed by atoms with Crippen molar-refractivity contribution in [3.05, 3.63) is 35.9 Å².